The first-order chi connectivity index (χ1) is 28.6. The fraction of sp³-hybridized carbons (Fsp3) is 0.209. The number of hydrogen-bond donors (Lipinski definition) is 1. The fourth-order valence-electron chi connectivity index (χ4n) is 6.03. The number of aliphatic imine (C=N–C) groups is 2. The Hall–Kier alpha value is -7.85. The second-order valence-electron chi connectivity index (χ2n) is 13.0. The lowest BCUT2D eigenvalue weighted by Gasteiger charge is -2.23. The maximum atomic E-state index is 13.9. The Bertz CT molecular complexity index is 2450. The number of rotatable bonds is 17. The number of carbonyl (C=O) groups is 2. The molecule has 294 valence electrons. The van der Waals surface area contributed by atoms with E-state index in [4.69, 9.17) is 32.6 Å². The predicted octanol–water partition coefficient (Wildman–Crippen LogP) is 7.55. The lowest BCUT2D eigenvalue weighted by molar-refractivity contribution is -0.384. The molecule has 4 aromatic rings. The highest BCUT2D eigenvalue weighted by molar-refractivity contribution is 6.35. The van der Waals surface area contributed by atoms with Crippen LogP contribution in [0, 0.1) is 62.4 Å². The van der Waals surface area contributed by atoms with E-state index in [9.17, 15) is 19.7 Å². The molecule has 0 radical (unpaired) electrons. The molecule has 0 unspecified atom stereocenters. The van der Waals surface area contributed by atoms with E-state index in [1.54, 1.807) is 42.6 Å². The quantitative estimate of drug-likeness (QED) is 0.0478. The average Bonchev–Trinajstić information content (AvgIpc) is 3.53. The van der Waals surface area contributed by atoms with E-state index >= 15 is 0 Å². The summed E-state index contributed by atoms with van der Waals surface area (Å²) in [6.07, 6.45) is 4.41. The van der Waals surface area contributed by atoms with Gasteiger partial charge in [-0.2, -0.15) is 26.1 Å². The molecular formula is C43H36ClN11O4. The summed E-state index contributed by atoms with van der Waals surface area (Å²) < 4.78 is 0. The van der Waals surface area contributed by atoms with E-state index in [1.807, 2.05) is 34.9 Å². The smallest absolute Gasteiger partial charge is 0.297 e. The molecule has 0 aromatic heterocycles. The highest BCUT2D eigenvalue weighted by Crippen LogP contribution is 2.29. The first kappa shape index (κ1) is 42.3. The minimum Gasteiger partial charge on any atom is -0.369 e. The Morgan fingerprint density at radius 2 is 1.42 bits per heavy atom. The predicted molar refractivity (Wildman–Crippen MR) is 224 cm³/mol. The van der Waals surface area contributed by atoms with Crippen LogP contribution in [0.4, 0.5) is 22.7 Å². The lowest BCUT2D eigenvalue weighted by atomic mass is 10.1. The van der Waals surface area contributed by atoms with Crippen LogP contribution >= 0.6 is 11.6 Å². The summed E-state index contributed by atoms with van der Waals surface area (Å²) in [5, 5.41) is 48.8. The minimum atomic E-state index is -0.717. The zero-order valence-corrected chi connectivity index (χ0v) is 32.6. The summed E-state index contributed by atoms with van der Waals surface area (Å²) in [5.74, 6) is -1.52. The highest BCUT2D eigenvalue weighted by Gasteiger charge is 2.35. The molecule has 0 saturated heterocycles. The second kappa shape index (κ2) is 20.4. The third-order valence-electron chi connectivity index (χ3n) is 9.11. The zero-order valence-electron chi connectivity index (χ0n) is 31.9. The van der Waals surface area contributed by atoms with Gasteiger partial charge in [0, 0.05) is 67.0 Å². The fourth-order valence-corrected chi connectivity index (χ4v) is 6.23. The van der Waals surface area contributed by atoms with E-state index in [2.05, 4.69) is 39.7 Å². The van der Waals surface area contributed by atoms with Crippen LogP contribution in [0.5, 0.6) is 0 Å². The van der Waals surface area contributed by atoms with Crippen molar-refractivity contribution in [3.8, 4) is 24.3 Å². The van der Waals surface area contributed by atoms with Crippen LogP contribution in [0.25, 0.3) is 6.08 Å². The Kier molecular flexibility index (Phi) is 14.6. The summed E-state index contributed by atoms with van der Waals surface area (Å²) in [6.45, 7) is 3.83. The van der Waals surface area contributed by atoms with Gasteiger partial charge >= 0.3 is 0 Å². The molecule has 16 heteroatoms. The highest BCUT2D eigenvalue weighted by atomic mass is 35.5. The molecule has 0 saturated carbocycles. The van der Waals surface area contributed by atoms with E-state index in [1.165, 1.54) is 36.4 Å². The molecule has 1 aliphatic heterocycles. The number of nitro groups is 1. The number of carbonyl (C=O) groups excluding carboxylic acids is 2. The van der Waals surface area contributed by atoms with Crippen LogP contribution in [0.15, 0.2) is 101 Å². The number of hydrogen-bond acceptors (Lipinski definition) is 12. The van der Waals surface area contributed by atoms with Gasteiger partial charge in [0.2, 0.25) is 0 Å². The van der Waals surface area contributed by atoms with Crippen LogP contribution in [0.3, 0.4) is 0 Å². The molecule has 0 bridgehead atoms. The van der Waals surface area contributed by atoms with Crippen molar-refractivity contribution >= 4 is 64.3 Å². The number of anilines is 2. The number of nitrogens with one attached hydrogen (secondary N) is 1. The number of aryl methyl sites for hydroxylation is 1. The van der Waals surface area contributed by atoms with Crippen molar-refractivity contribution < 1.29 is 14.5 Å². The zero-order chi connectivity index (χ0) is 42.3. The third kappa shape index (κ3) is 10.9. The molecular weight excluding hydrogens is 770 g/mol. The molecule has 59 heavy (non-hydrogen) atoms. The summed E-state index contributed by atoms with van der Waals surface area (Å²) in [7, 11) is 0. The number of amides is 2. The molecule has 15 nitrogen and oxygen atoms in total. The topological polar surface area (TPSA) is 219 Å². The summed E-state index contributed by atoms with van der Waals surface area (Å²) in [6, 6.07) is 31.4. The maximum Gasteiger partial charge on any atom is 0.297 e. The first-order valence-electron chi connectivity index (χ1n) is 18.3. The number of halogens is 1. The molecule has 1 heterocycles. The SMILES string of the molecule is Cc1cc(N(CCC#N)CCC#N)ccc1C=Nc1ccc(C(=O)NN2C(=O)/C(=C/c3ccc(N(CCC#N)CCC#N)cc3)N=C2c2cc([N+](=O)[O-])ccc2Cl)cc1. The normalized spacial score (nSPS) is 12.6. The van der Waals surface area contributed by atoms with Crippen LogP contribution in [0.1, 0.15) is 58.3 Å². The largest absolute Gasteiger partial charge is 0.369 e. The Morgan fingerprint density at radius 3 is 1.98 bits per heavy atom. The molecule has 0 spiro atoms. The van der Waals surface area contributed by atoms with E-state index in [-0.39, 0.29) is 46.2 Å². The molecule has 2 amide bonds. The van der Waals surface area contributed by atoms with Gasteiger partial charge in [-0.25, -0.2) is 4.99 Å². The van der Waals surface area contributed by atoms with Crippen molar-refractivity contribution in [3.63, 3.8) is 0 Å². The van der Waals surface area contributed by atoms with Crippen molar-refractivity contribution in [2.45, 2.75) is 32.6 Å². The Balaban J connectivity index is 1.36. The van der Waals surface area contributed by atoms with E-state index < -0.39 is 16.7 Å². The average molecular weight is 806 g/mol. The van der Waals surface area contributed by atoms with Gasteiger partial charge in [0.05, 0.1) is 65.6 Å². The van der Waals surface area contributed by atoms with Crippen molar-refractivity contribution in [3.05, 3.63) is 134 Å². The number of hydrazine groups is 1. The number of amidine groups is 1. The maximum absolute atomic E-state index is 13.9. The number of nitrogens with zero attached hydrogens (tertiary/aromatic N) is 10. The monoisotopic (exact) mass is 805 g/mol. The molecule has 0 atom stereocenters. The van der Waals surface area contributed by atoms with Crippen LogP contribution < -0.4 is 15.2 Å². The molecule has 0 aliphatic carbocycles. The second-order valence-corrected chi connectivity index (χ2v) is 13.4. The van der Waals surface area contributed by atoms with Crippen molar-refractivity contribution in [1.29, 1.82) is 21.0 Å². The number of benzene rings is 4. The number of nitriles is 4. The van der Waals surface area contributed by atoms with Gasteiger partial charge in [-0.05, 0) is 84.3 Å². The summed E-state index contributed by atoms with van der Waals surface area (Å²) in [5.41, 5.74) is 7.03. The van der Waals surface area contributed by atoms with Crippen LogP contribution in [0.2, 0.25) is 5.02 Å². The minimum absolute atomic E-state index is 0.0453. The molecule has 4 aromatic carbocycles. The first-order valence-corrected chi connectivity index (χ1v) is 18.7. The van der Waals surface area contributed by atoms with E-state index in [0.29, 0.717) is 50.3 Å². The van der Waals surface area contributed by atoms with Crippen molar-refractivity contribution in [2.75, 3.05) is 36.0 Å². The Labute approximate surface area is 345 Å². The summed E-state index contributed by atoms with van der Waals surface area (Å²) >= 11 is 6.48. The van der Waals surface area contributed by atoms with Crippen molar-refractivity contribution in [1.82, 2.24) is 10.4 Å². The van der Waals surface area contributed by atoms with Gasteiger partial charge in [-0.15, -0.1) is 0 Å². The Morgan fingerprint density at radius 1 is 0.847 bits per heavy atom. The number of non-ortho nitro benzene ring substituents is 1. The van der Waals surface area contributed by atoms with Gasteiger partial charge in [-0.3, -0.25) is 30.1 Å². The molecule has 1 N–H and O–H groups in total. The van der Waals surface area contributed by atoms with Gasteiger partial charge in [0.15, 0.2) is 5.84 Å². The van der Waals surface area contributed by atoms with Gasteiger partial charge in [-0.1, -0.05) is 29.8 Å². The molecule has 0 fully saturated rings. The number of nitro benzene ring substituents is 1. The molecule has 5 rings (SSSR count). The summed E-state index contributed by atoms with van der Waals surface area (Å²) in [4.78, 5) is 51.5. The standard InChI is InChI=1S/C43H36ClN11O4/c1-30-26-36(53(24-4-20-47)25-5-21-48)15-10-33(30)29-49-34-11-8-32(9-12-34)42(56)51-54-41(38-28-37(55(58)59)16-17-39(38)44)50-40(43(54)57)27-31-6-13-35(14-7-31)52(22-2-18-45)23-3-19-46/h6-17,26-29H,2-5,22-25H2,1H3,(H,51,56)/b40-27-,49-29?. The van der Waals surface area contributed by atoms with E-state index in [0.717, 1.165) is 27.5 Å². The van der Waals surface area contributed by atoms with Gasteiger partial charge in [0.25, 0.3) is 17.5 Å². The lowest BCUT2D eigenvalue weighted by Crippen LogP contribution is -2.47. The van der Waals surface area contributed by atoms with Crippen LogP contribution in [-0.4, -0.2) is 60.0 Å². The third-order valence-corrected chi connectivity index (χ3v) is 9.44. The van der Waals surface area contributed by atoms with Gasteiger partial charge in [0.1, 0.15) is 5.70 Å². The van der Waals surface area contributed by atoms with Gasteiger partial charge < -0.3 is 9.80 Å². The van der Waals surface area contributed by atoms with Crippen LogP contribution in [-0.2, 0) is 4.79 Å². The van der Waals surface area contributed by atoms with Crippen molar-refractivity contribution in [2.24, 2.45) is 9.98 Å². The molecule has 1 aliphatic rings.